The normalized spacial score (nSPS) is 21.9. The van der Waals surface area contributed by atoms with Gasteiger partial charge in [-0.3, -0.25) is 14.9 Å². The van der Waals surface area contributed by atoms with E-state index >= 15 is 0 Å². The van der Waals surface area contributed by atoms with Crippen LogP contribution in [-0.2, 0) is 4.79 Å². The number of nitrogens with zero attached hydrogens (tertiary/aromatic N) is 2. The van der Waals surface area contributed by atoms with Gasteiger partial charge >= 0.3 is 6.18 Å². The lowest BCUT2D eigenvalue weighted by Gasteiger charge is -2.44. The Bertz CT molecular complexity index is 1170. The van der Waals surface area contributed by atoms with E-state index in [9.17, 15) is 22.8 Å². The molecular weight excluding hydrogens is 533 g/mol. The van der Waals surface area contributed by atoms with Crippen molar-refractivity contribution in [2.24, 2.45) is 11.3 Å². The van der Waals surface area contributed by atoms with Gasteiger partial charge in [0, 0.05) is 29.9 Å². The summed E-state index contributed by atoms with van der Waals surface area (Å²) in [5.74, 6) is 0.0772. The fraction of sp³-hybridized carbons (Fsp3) is 0.581. The van der Waals surface area contributed by atoms with E-state index in [4.69, 9.17) is 4.74 Å². The van der Waals surface area contributed by atoms with E-state index in [1.807, 2.05) is 23.1 Å². The number of ether oxygens (including phenoxy) is 1. The van der Waals surface area contributed by atoms with Crippen LogP contribution in [-0.4, -0.2) is 66.7 Å². The average Bonchev–Trinajstić information content (AvgIpc) is 3.53. The average molecular weight is 573 g/mol. The molecule has 0 spiro atoms. The van der Waals surface area contributed by atoms with E-state index in [2.05, 4.69) is 15.6 Å². The molecule has 1 atom stereocenters. The van der Waals surface area contributed by atoms with Crippen molar-refractivity contribution in [1.82, 2.24) is 20.5 Å². The Morgan fingerprint density at radius 3 is 2.29 bits per heavy atom. The quantitative estimate of drug-likeness (QED) is 0.415. The highest BCUT2D eigenvalue weighted by Crippen LogP contribution is 2.49. The number of aromatic nitrogens is 1. The highest BCUT2D eigenvalue weighted by Gasteiger charge is 2.55. The summed E-state index contributed by atoms with van der Waals surface area (Å²) in [6, 6.07) is 10.4. The van der Waals surface area contributed by atoms with Gasteiger partial charge in [0.15, 0.2) is 0 Å². The summed E-state index contributed by atoms with van der Waals surface area (Å²) < 4.78 is 47.7. The van der Waals surface area contributed by atoms with Gasteiger partial charge in [0.25, 0.3) is 5.91 Å². The molecule has 0 bridgehead atoms. The number of piperidine rings is 1. The first-order chi connectivity index (χ1) is 19.7. The maximum Gasteiger partial charge on any atom is 0.395 e. The van der Waals surface area contributed by atoms with Crippen LogP contribution >= 0.6 is 0 Å². The number of alkyl halides is 3. The summed E-state index contributed by atoms with van der Waals surface area (Å²) in [4.78, 5) is 31.0. The van der Waals surface area contributed by atoms with Gasteiger partial charge in [-0.05, 0) is 87.8 Å². The first-order valence-electron chi connectivity index (χ1n) is 14.8. The number of pyridine rings is 1. The van der Waals surface area contributed by atoms with Crippen molar-refractivity contribution in [3.05, 3.63) is 48.2 Å². The Hall–Kier alpha value is -2.98. The molecule has 0 unspecified atom stereocenters. The van der Waals surface area contributed by atoms with Gasteiger partial charge < -0.3 is 15.0 Å². The number of hydrogen-bond donors (Lipinski definition) is 2. The van der Waals surface area contributed by atoms with Crippen LogP contribution in [0.4, 0.5) is 13.2 Å². The lowest BCUT2D eigenvalue weighted by atomic mass is 9.72. The lowest BCUT2D eigenvalue weighted by Crippen LogP contribution is -2.50. The van der Waals surface area contributed by atoms with Crippen LogP contribution in [0.1, 0.15) is 68.1 Å². The third kappa shape index (κ3) is 7.27. The number of nitrogens with one attached hydrogen (secondary N) is 2. The molecule has 1 aromatic carbocycles. The van der Waals surface area contributed by atoms with E-state index in [-0.39, 0.29) is 37.3 Å². The predicted octanol–water partition coefficient (Wildman–Crippen LogP) is 5.36. The van der Waals surface area contributed by atoms with Gasteiger partial charge in [0.2, 0.25) is 11.8 Å². The molecule has 41 heavy (non-hydrogen) atoms. The Labute approximate surface area is 239 Å². The van der Waals surface area contributed by atoms with Crippen molar-refractivity contribution in [1.29, 1.82) is 0 Å². The molecule has 7 nitrogen and oxygen atoms in total. The van der Waals surface area contributed by atoms with E-state index in [1.165, 1.54) is 0 Å². The zero-order valence-electron chi connectivity index (χ0n) is 23.3. The molecule has 1 aliphatic carbocycles. The molecule has 2 saturated heterocycles. The van der Waals surface area contributed by atoms with E-state index in [0.29, 0.717) is 44.0 Å². The molecule has 5 rings (SSSR count). The number of imide groups is 1. The van der Waals surface area contributed by atoms with Crippen LogP contribution in [0.2, 0.25) is 0 Å². The third-order valence-corrected chi connectivity index (χ3v) is 8.94. The molecule has 10 heteroatoms. The van der Waals surface area contributed by atoms with Crippen molar-refractivity contribution < 1.29 is 27.5 Å². The molecule has 2 N–H and O–H groups in total. The van der Waals surface area contributed by atoms with Crippen LogP contribution in [0.5, 0.6) is 5.88 Å². The van der Waals surface area contributed by atoms with Crippen LogP contribution in [0.3, 0.4) is 0 Å². The topological polar surface area (TPSA) is 83.6 Å². The van der Waals surface area contributed by atoms with Crippen LogP contribution < -0.4 is 15.4 Å². The summed E-state index contributed by atoms with van der Waals surface area (Å²) in [5, 5.41) is 5.54. The molecule has 0 radical (unpaired) electrons. The molecular formula is C31H39F3N4O3. The Balaban J connectivity index is 1.07. The second kappa shape index (κ2) is 12.9. The van der Waals surface area contributed by atoms with Crippen molar-refractivity contribution >= 4 is 11.8 Å². The second-order valence-corrected chi connectivity index (χ2v) is 11.8. The SMILES string of the molecule is O=C(NC(=O)[C@@H]1CCCN1)c1ccc(-c2ccc(OCC3CCN(CC4(C(F)(F)F)CCCCC4)CC3)nc2)cc1. The highest BCUT2D eigenvalue weighted by molar-refractivity contribution is 6.06. The summed E-state index contributed by atoms with van der Waals surface area (Å²) >= 11 is 0. The molecule has 2 aromatic rings. The van der Waals surface area contributed by atoms with Crippen molar-refractivity contribution in [2.45, 2.75) is 70.0 Å². The van der Waals surface area contributed by atoms with Crippen molar-refractivity contribution in [2.75, 3.05) is 32.8 Å². The number of hydrogen-bond acceptors (Lipinski definition) is 6. The smallest absolute Gasteiger partial charge is 0.395 e. The van der Waals surface area contributed by atoms with Crippen molar-refractivity contribution in [3.63, 3.8) is 0 Å². The van der Waals surface area contributed by atoms with Crippen LogP contribution in [0, 0.1) is 11.3 Å². The maximum absolute atomic E-state index is 13.9. The number of carbonyl (C=O) groups is 2. The number of halogens is 3. The summed E-state index contributed by atoms with van der Waals surface area (Å²) in [7, 11) is 0. The lowest BCUT2D eigenvalue weighted by molar-refractivity contribution is -0.240. The monoisotopic (exact) mass is 572 g/mol. The number of rotatable bonds is 8. The van der Waals surface area contributed by atoms with E-state index in [1.54, 1.807) is 24.4 Å². The molecule has 3 fully saturated rings. The molecule has 1 saturated carbocycles. The molecule has 2 amide bonds. The Morgan fingerprint density at radius 2 is 1.68 bits per heavy atom. The number of benzene rings is 1. The summed E-state index contributed by atoms with van der Waals surface area (Å²) in [6.45, 7) is 2.72. The Morgan fingerprint density at radius 1 is 0.976 bits per heavy atom. The van der Waals surface area contributed by atoms with Crippen LogP contribution in [0.15, 0.2) is 42.6 Å². The largest absolute Gasteiger partial charge is 0.477 e. The summed E-state index contributed by atoms with van der Waals surface area (Å²) in [5.41, 5.74) is 0.613. The van der Waals surface area contributed by atoms with Crippen LogP contribution in [0.25, 0.3) is 11.1 Å². The molecule has 1 aromatic heterocycles. The first-order valence-corrected chi connectivity index (χ1v) is 14.8. The number of likely N-dealkylation sites (tertiary alicyclic amines) is 1. The molecule has 3 heterocycles. The summed E-state index contributed by atoms with van der Waals surface area (Å²) in [6.07, 6.45) is 3.58. The number of carbonyl (C=O) groups excluding carboxylic acids is 2. The van der Waals surface area contributed by atoms with Crippen molar-refractivity contribution in [3.8, 4) is 17.0 Å². The fourth-order valence-electron chi connectivity index (χ4n) is 6.33. The number of amides is 2. The third-order valence-electron chi connectivity index (χ3n) is 8.94. The zero-order valence-corrected chi connectivity index (χ0v) is 23.3. The van der Waals surface area contributed by atoms with Gasteiger partial charge in [-0.1, -0.05) is 31.4 Å². The van der Waals surface area contributed by atoms with Gasteiger partial charge in [0.05, 0.1) is 18.1 Å². The Kier molecular flexibility index (Phi) is 9.28. The van der Waals surface area contributed by atoms with Gasteiger partial charge in [-0.25, -0.2) is 4.98 Å². The van der Waals surface area contributed by atoms with E-state index in [0.717, 1.165) is 49.8 Å². The molecule has 222 valence electrons. The predicted molar refractivity (Wildman–Crippen MR) is 149 cm³/mol. The second-order valence-electron chi connectivity index (χ2n) is 11.8. The minimum absolute atomic E-state index is 0.120. The van der Waals surface area contributed by atoms with E-state index < -0.39 is 17.5 Å². The standard InChI is InChI=1S/C31H39F3N4O3/c32-31(33,34)30(14-2-1-3-15-30)21-38-17-12-22(13-18-38)20-41-27-11-10-25(19-36-27)23-6-8-24(9-7-23)28(39)37-29(40)26-5-4-16-35-26/h6-11,19,22,26,35H,1-5,12-18,20-21H2,(H,37,39,40)/t26-/m0/s1. The van der Waals surface area contributed by atoms with Gasteiger partial charge in [-0.2, -0.15) is 13.2 Å². The molecule has 3 aliphatic rings. The minimum atomic E-state index is -4.14. The molecule has 2 aliphatic heterocycles. The zero-order chi connectivity index (χ0) is 28.9. The first kappa shape index (κ1) is 29.5. The minimum Gasteiger partial charge on any atom is -0.477 e. The maximum atomic E-state index is 13.9. The highest BCUT2D eigenvalue weighted by atomic mass is 19.4. The fourth-order valence-corrected chi connectivity index (χ4v) is 6.33. The van der Waals surface area contributed by atoms with Gasteiger partial charge in [0.1, 0.15) is 0 Å². The van der Waals surface area contributed by atoms with Gasteiger partial charge in [-0.15, -0.1) is 0 Å².